The van der Waals surface area contributed by atoms with Crippen molar-refractivity contribution in [1.29, 1.82) is 0 Å². The highest BCUT2D eigenvalue weighted by Gasteiger charge is 2.23. The number of hydrazine groups is 1. The van der Waals surface area contributed by atoms with Crippen molar-refractivity contribution in [2.45, 2.75) is 32.9 Å². The number of sulfone groups is 1. The highest BCUT2D eigenvalue weighted by molar-refractivity contribution is 7.90. The van der Waals surface area contributed by atoms with Crippen LogP contribution < -0.4 is 20.9 Å². The number of rotatable bonds is 10. The number of nitrogens with one attached hydrogen (secondary N) is 3. The topological polar surface area (TPSA) is 140 Å². The van der Waals surface area contributed by atoms with Gasteiger partial charge in [-0.25, -0.2) is 13.2 Å². The minimum Gasteiger partial charge on any atom is -0.484 e. The molecule has 0 aliphatic heterocycles. The molecule has 10 nitrogen and oxygen atoms in total. The summed E-state index contributed by atoms with van der Waals surface area (Å²) in [6, 6.07) is 13.0. The Kier molecular flexibility index (Phi) is 9.87. The maximum absolute atomic E-state index is 12.5. The fourth-order valence-corrected chi connectivity index (χ4v) is 3.38. The van der Waals surface area contributed by atoms with Crippen molar-refractivity contribution in [1.82, 2.24) is 16.2 Å². The first-order valence-corrected chi connectivity index (χ1v) is 12.5. The van der Waals surface area contributed by atoms with E-state index in [9.17, 15) is 22.8 Å². The highest BCUT2D eigenvalue weighted by Crippen LogP contribution is 2.16. The fraction of sp³-hybridized carbons (Fsp3) is 0.348. The van der Waals surface area contributed by atoms with Crippen LogP contribution in [-0.2, 0) is 30.8 Å². The first-order valence-electron chi connectivity index (χ1n) is 10.5. The molecule has 0 aromatic heterocycles. The Hall–Kier alpha value is -3.60. The average Bonchev–Trinajstić information content (AvgIpc) is 2.79. The normalized spacial score (nSPS) is 11.7. The monoisotopic (exact) mass is 491 g/mol. The molecular formula is C23H29N3O7S. The standard InChI is InChI=1S/C23H29N3O7S/c1-16-9-10-19(13-17(16)2)32-15-21(27)25-26-22(28)20(11-12-34(3,30)31)24-23(29)33-14-18-7-5-4-6-8-18/h4-10,13,20H,11-12,14-15H2,1-3H3,(H,24,29)(H,25,27)(H,26,28). The second-order valence-corrected chi connectivity index (χ2v) is 10.0. The van der Waals surface area contributed by atoms with Gasteiger partial charge in [-0.2, -0.15) is 0 Å². The third kappa shape index (κ3) is 9.90. The van der Waals surface area contributed by atoms with Crippen molar-refractivity contribution >= 4 is 27.7 Å². The summed E-state index contributed by atoms with van der Waals surface area (Å²) in [6.07, 6.45) is -0.0938. The van der Waals surface area contributed by atoms with E-state index in [1.54, 1.807) is 36.4 Å². The molecule has 0 heterocycles. The van der Waals surface area contributed by atoms with Crippen LogP contribution in [0.2, 0.25) is 0 Å². The van der Waals surface area contributed by atoms with Crippen molar-refractivity contribution in [2.75, 3.05) is 18.6 Å². The number of hydrogen-bond acceptors (Lipinski definition) is 7. The van der Waals surface area contributed by atoms with E-state index in [1.165, 1.54) is 0 Å². The molecule has 2 rings (SSSR count). The number of amides is 3. The summed E-state index contributed by atoms with van der Waals surface area (Å²) in [6.45, 7) is 3.48. The van der Waals surface area contributed by atoms with Gasteiger partial charge in [-0.1, -0.05) is 36.4 Å². The summed E-state index contributed by atoms with van der Waals surface area (Å²) in [5, 5.41) is 2.33. The predicted molar refractivity (Wildman–Crippen MR) is 126 cm³/mol. The molecule has 0 aliphatic rings. The van der Waals surface area contributed by atoms with Crippen LogP contribution in [0, 0.1) is 13.8 Å². The van der Waals surface area contributed by atoms with Gasteiger partial charge in [0.2, 0.25) is 0 Å². The summed E-state index contributed by atoms with van der Waals surface area (Å²) in [5.41, 5.74) is 7.18. The van der Waals surface area contributed by atoms with Gasteiger partial charge in [-0.3, -0.25) is 20.4 Å². The van der Waals surface area contributed by atoms with Crippen LogP contribution in [0.25, 0.3) is 0 Å². The van der Waals surface area contributed by atoms with Crippen molar-refractivity contribution < 1.29 is 32.3 Å². The largest absolute Gasteiger partial charge is 0.484 e. The van der Waals surface area contributed by atoms with Gasteiger partial charge in [0, 0.05) is 6.26 Å². The van der Waals surface area contributed by atoms with Gasteiger partial charge < -0.3 is 14.8 Å². The first-order chi connectivity index (χ1) is 16.0. The van der Waals surface area contributed by atoms with E-state index >= 15 is 0 Å². The molecule has 0 radical (unpaired) electrons. The Morgan fingerprint density at radius 2 is 1.68 bits per heavy atom. The van der Waals surface area contributed by atoms with Crippen molar-refractivity contribution in [3.63, 3.8) is 0 Å². The SMILES string of the molecule is Cc1ccc(OCC(=O)NNC(=O)C(CCS(C)(=O)=O)NC(=O)OCc2ccccc2)cc1C. The number of alkyl carbamates (subject to hydrolysis) is 1. The second-order valence-electron chi connectivity index (χ2n) is 7.75. The van der Waals surface area contributed by atoms with E-state index in [0.29, 0.717) is 5.75 Å². The lowest BCUT2D eigenvalue weighted by atomic mass is 10.1. The smallest absolute Gasteiger partial charge is 0.408 e. The third-order valence-electron chi connectivity index (χ3n) is 4.77. The molecule has 0 bridgehead atoms. The Morgan fingerprint density at radius 1 is 0.971 bits per heavy atom. The van der Waals surface area contributed by atoms with Gasteiger partial charge in [0.25, 0.3) is 11.8 Å². The zero-order chi connectivity index (χ0) is 25.1. The first kappa shape index (κ1) is 26.7. The molecule has 2 aromatic carbocycles. The Bertz CT molecular complexity index is 1100. The number of carbonyl (C=O) groups excluding carboxylic acids is 3. The van der Waals surface area contributed by atoms with E-state index in [0.717, 1.165) is 22.9 Å². The maximum atomic E-state index is 12.5. The quantitative estimate of drug-likeness (QED) is 0.429. The van der Waals surface area contributed by atoms with Crippen LogP contribution in [0.3, 0.4) is 0 Å². The molecule has 3 N–H and O–H groups in total. The summed E-state index contributed by atoms with van der Waals surface area (Å²) >= 11 is 0. The molecule has 34 heavy (non-hydrogen) atoms. The predicted octanol–water partition coefficient (Wildman–Crippen LogP) is 1.56. The Balaban J connectivity index is 1.87. The summed E-state index contributed by atoms with van der Waals surface area (Å²) in [5.74, 6) is -1.30. The van der Waals surface area contributed by atoms with E-state index < -0.39 is 33.8 Å². The molecule has 3 amide bonds. The van der Waals surface area contributed by atoms with E-state index in [1.807, 2.05) is 26.0 Å². The summed E-state index contributed by atoms with van der Waals surface area (Å²) in [4.78, 5) is 36.7. The molecule has 184 valence electrons. The molecule has 0 saturated heterocycles. The number of ether oxygens (including phenoxy) is 2. The molecule has 0 aliphatic carbocycles. The number of aryl methyl sites for hydroxylation is 2. The van der Waals surface area contributed by atoms with E-state index in [2.05, 4.69) is 16.2 Å². The molecule has 0 spiro atoms. The number of benzene rings is 2. The highest BCUT2D eigenvalue weighted by atomic mass is 32.2. The van der Waals surface area contributed by atoms with Crippen LogP contribution in [0.4, 0.5) is 4.79 Å². The zero-order valence-electron chi connectivity index (χ0n) is 19.3. The maximum Gasteiger partial charge on any atom is 0.408 e. The second kappa shape index (κ2) is 12.6. The van der Waals surface area contributed by atoms with Crippen LogP contribution >= 0.6 is 0 Å². The zero-order valence-corrected chi connectivity index (χ0v) is 20.1. The molecule has 1 unspecified atom stereocenters. The average molecular weight is 492 g/mol. The third-order valence-corrected chi connectivity index (χ3v) is 5.75. The van der Waals surface area contributed by atoms with Gasteiger partial charge >= 0.3 is 6.09 Å². The van der Waals surface area contributed by atoms with Gasteiger partial charge in [0.1, 0.15) is 28.2 Å². The summed E-state index contributed by atoms with van der Waals surface area (Å²) in [7, 11) is -3.40. The minimum absolute atomic E-state index is 0.0281. The lowest BCUT2D eigenvalue weighted by Crippen LogP contribution is -2.53. The van der Waals surface area contributed by atoms with Gasteiger partial charge in [0.05, 0.1) is 5.75 Å². The van der Waals surface area contributed by atoms with E-state index in [-0.39, 0.29) is 25.4 Å². The van der Waals surface area contributed by atoms with Crippen LogP contribution in [0.5, 0.6) is 5.75 Å². The summed E-state index contributed by atoms with van der Waals surface area (Å²) < 4.78 is 33.5. The molecule has 11 heteroatoms. The van der Waals surface area contributed by atoms with Crippen molar-refractivity contribution in [3.05, 3.63) is 65.2 Å². The lowest BCUT2D eigenvalue weighted by Gasteiger charge is -2.18. The molecule has 0 saturated carbocycles. The fourth-order valence-electron chi connectivity index (χ4n) is 2.71. The Labute approximate surface area is 198 Å². The van der Waals surface area contributed by atoms with Crippen LogP contribution in [0.15, 0.2) is 48.5 Å². The van der Waals surface area contributed by atoms with E-state index in [4.69, 9.17) is 9.47 Å². The minimum atomic E-state index is -3.40. The van der Waals surface area contributed by atoms with Crippen molar-refractivity contribution in [3.8, 4) is 5.75 Å². The van der Waals surface area contributed by atoms with Crippen LogP contribution in [0.1, 0.15) is 23.1 Å². The lowest BCUT2D eigenvalue weighted by molar-refractivity contribution is -0.131. The van der Waals surface area contributed by atoms with Crippen LogP contribution in [-0.4, -0.2) is 51.0 Å². The molecule has 1 atom stereocenters. The molecule has 0 fully saturated rings. The molecular weight excluding hydrogens is 462 g/mol. The Morgan fingerprint density at radius 3 is 2.32 bits per heavy atom. The van der Waals surface area contributed by atoms with Gasteiger partial charge in [-0.15, -0.1) is 0 Å². The van der Waals surface area contributed by atoms with Gasteiger partial charge in [0.15, 0.2) is 6.61 Å². The number of hydrogen-bond donors (Lipinski definition) is 3. The number of carbonyl (C=O) groups is 3. The van der Waals surface area contributed by atoms with Crippen molar-refractivity contribution in [2.24, 2.45) is 0 Å². The molecule has 2 aromatic rings. The van der Waals surface area contributed by atoms with Gasteiger partial charge in [-0.05, 0) is 49.1 Å².